The summed E-state index contributed by atoms with van der Waals surface area (Å²) >= 11 is 0. The molecule has 15 heavy (non-hydrogen) atoms. The van der Waals surface area contributed by atoms with E-state index in [2.05, 4.69) is 4.74 Å². The number of carbonyl (C=O) groups excluding carboxylic acids is 1. The lowest BCUT2D eigenvalue weighted by Gasteiger charge is -2.21. The van der Waals surface area contributed by atoms with Crippen molar-refractivity contribution in [2.45, 2.75) is 12.5 Å². The highest BCUT2D eigenvalue weighted by Crippen LogP contribution is 2.21. The molecule has 0 unspecified atom stereocenters. The van der Waals surface area contributed by atoms with Gasteiger partial charge in [0, 0.05) is 0 Å². The van der Waals surface area contributed by atoms with Crippen LogP contribution in [-0.2, 0) is 15.1 Å². The van der Waals surface area contributed by atoms with E-state index in [1.54, 1.807) is 38.3 Å². The van der Waals surface area contributed by atoms with Gasteiger partial charge in [-0.1, -0.05) is 12.1 Å². The van der Waals surface area contributed by atoms with Crippen LogP contribution in [0.4, 0.5) is 0 Å². The third-order valence-electron chi connectivity index (χ3n) is 2.30. The molecule has 0 saturated heterocycles. The van der Waals surface area contributed by atoms with Crippen LogP contribution in [0, 0.1) is 0 Å². The summed E-state index contributed by atoms with van der Waals surface area (Å²) in [5.74, 6) is 0.257. The lowest BCUT2D eigenvalue weighted by Crippen LogP contribution is -2.42. The molecule has 0 amide bonds. The average molecular weight is 209 g/mol. The van der Waals surface area contributed by atoms with Gasteiger partial charge in [0.2, 0.25) is 0 Å². The highest BCUT2D eigenvalue weighted by atomic mass is 16.5. The second-order valence-electron chi connectivity index (χ2n) is 3.42. The van der Waals surface area contributed by atoms with E-state index in [1.807, 2.05) is 0 Å². The van der Waals surface area contributed by atoms with Gasteiger partial charge in [-0.2, -0.15) is 0 Å². The molecule has 82 valence electrons. The van der Waals surface area contributed by atoms with Gasteiger partial charge in [-0.15, -0.1) is 0 Å². The highest BCUT2D eigenvalue weighted by molar-refractivity contribution is 5.81. The predicted octanol–water partition coefficient (Wildman–Crippen LogP) is 1.04. The predicted molar refractivity (Wildman–Crippen MR) is 56.5 cm³/mol. The Hall–Kier alpha value is -1.55. The number of rotatable bonds is 3. The standard InChI is InChI=1S/C11H15NO3/c1-11(12,10(13)15-3)8-4-6-9(14-2)7-5-8/h4-7H,12H2,1-3H3/t11-/m0/s1. The molecule has 0 aromatic heterocycles. The topological polar surface area (TPSA) is 61.5 Å². The van der Waals surface area contributed by atoms with E-state index < -0.39 is 11.5 Å². The first-order valence-electron chi connectivity index (χ1n) is 4.54. The minimum atomic E-state index is -1.12. The Balaban J connectivity index is 3.00. The normalized spacial score (nSPS) is 14.1. The maximum Gasteiger partial charge on any atom is 0.330 e. The van der Waals surface area contributed by atoms with Gasteiger partial charge < -0.3 is 15.2 Å². The number of esters is 1. The number of hydrogen-bond acceptors (Lipinski definition) is 4. The third kappa shape index (κ3) is 2.27. The number of hydrogen-bond donors (Lipinski definition) is 1. The Kier molecular flexibility index (Phi) is 3.31. The van der Waals surface area contributed by atoms with Crippen LogP contribution < -0.4 is 10.5 Å². The molecular formula is C11H15NO3. The molecular weight excluding hydrogens is 194 g/mol. The summed E-state index contributed by atoms with van der Waals surface area (Å²) < 4.78 is 9.64. The van der Waals surface area contributed by atoms with Crippen LogP contribution in [0.1, 0.15) is 12.5 Å². The Bertz CT molecular complexity index is 343. The molecule has 0 spiro atoms. The van der Waals surface area contributed by atoms with Gasteiger partial charge in [-0.25, -0.2) is 4.79 Å². The molecule has 1 atom stereocenters. The number of benzene rings is 1. The van der Waals surface area contributed by atoms with Crippen LogP contribution >= 0.6 is 0 Å². The molecule has 1 rings (SSSR count). The summed E-state index contributed by atoms with van der Waals surface area (Å²) in [7, 11) is 2.90. The molecule has 0 heterocycles. The second kappa shape index (κ2) is 4.31. The van der Waals surface area contributed by atoms with Crippen molar-refractivity contribution < 1.29 is 14.3 Å². The summed E-state index contributed by atoms with van der Waals surface area (Å²) in [5.41, 5.74) is 5.43. The smallest absolute Gasteiger partial charge is 0.330 e. The van der Waals surface area contributed by atoms with Gasteiger partial charge in [0.1, 0.15) is 11.3 Å². The third-order valence-corrected chi connectivity index (χ3v) is 2.30. The van der Waals surface area contributed by atoms with Crippen LogP contribution in [0.3, 0.4) is 0 Å². The number of nitrogens with two attached hydrogens (primary N) is 1. The van der Waals surface area contributed by atoms with Crippen LogP contribution in [-0.4, -0.2) is 20.2 Å². The molecule has 2 N–H and O–H groups in total. The zero-order valence-corrected chi connectivity index (χ0v) is 9.11. The highest BCUT2D eigenvalue weighted by Gasteiger charge is 2.31. The molecule has 4 heteroatoms. The molecule has 0 saturated carbocycles. The van der Waals surface area contributed by atoms with E-state index in [4.69, 9.17) is 10.5 Å². The summed E-state index contributed by atoms with van der Waals surface area (Å²) in [6, 6.07) is 7.00. The van der Waals surface area contributed by atoms with Crippen molar-refractivity contribution >= 4 is 5.97 Å². The first-order valence-corrected chi connectivity index (χ1v) is 4.54. The van der Waals surface area contributed by atoms with Gasteiger partial charge in [-0.3, -0.25) is 0 Å². The number of ether oxygens (including phenoxy) is 2. The number of carbonyl (C=O) groups is 1. The minimum Gasteiger partial charge on any atom is -0.497 e. The second-order valence-corrected chi connectivity index (χ2v) is 3.42. The summed E-state index contributed by atoms with van der Waals surface area (Å²) in [5, 5.41) is 0. The van der Waals surface area contributed by atoms with Crippen LogP contribution in [0.15, 0.2) is 24.3 Å². The van der Waals surface area contributed by atoms with Gasteiger partial charge in [0.25, 0.3) is 0 Å². The molecule has 0 fully saturated rings. The zero-order chi connectivity index (χ0) is 11.5. The van der Waals surface area contributed by atoms with Crippen molar-refractivity contribution in [1.82, 2.24) is 0 Å². The monoisotopic (exact) mass is 209 g/mol. The molecule has 0 radical (unpaired) electrons. The fourth-order valence-electron chi connectivity index (χ4n) is 1.27. The van der Waals surface area contributed by atoms with Crippen LogP contribution in [0.25, 0.3) is 0 Å². The summed E-state index contributed by atoms with van der Waals surface area (Å²) in [6.45, 7) is 1.61. The van der Waals surface area contributed by atoms with Gasteiger partial charge in [-0.05, 0) is 24.6 Å². The Morgan fingerprint density at radius 1 is 1.27 bits per heavy atom. The van der Waals surface area contributed by atoms with Gasteiger partial charge in [0.05, 0.1) is 14.2 Å². The van der Waals surface area contributed by atoms with Crippen LogP contribution in [0.2, 0.25) is 0 Å². The van der Waals surface area contributed by atoms with Gasteiger partial charge >= 0.3 is 5.97 Å². The molecule has 1 aromatic rings. The molecule has 1 aromatic carbocycles. The molecule has 0 aliphatic heterocycles. The fraction of sp³-hybridized carbons (Fsp3) is 0.364. The van der Waals surface area contributed by atoms with Crippen molar-refractivity contribution in [3.05, 3.63) is 29.8 Å². The largest absolute Gasteiger partial charge is 0.497 e. The van der Waals surface area contributed by atoms with Crippen molar-refractivity contribution in [3.8, 4) is 5.75 Å². The average Bonchev–Trinajstić information content (AvgIpc) is 2.28. The van der Waals surface area contributed by atoms with Crippen molar-refractivity contribution in [2.75, 3.05) is 14.2 Å². The Morgan fingerprint density at radius 3 is 2.20 bits per heavy atom. The zero-order valence-electron chi connectivity index (χ0n) is 9.11. The first-order chi connectivity index (χ1) is 7.02. The Labute approximate surface area is 89.0 Å². The fourth-order valence-corrected chi connectivity index (χ4v) is 1.27. The van der Waals surface area contributed by atoms with Crippen LogP contribution in [0.5, 0.6) is 5.75 Å². The van der Waals surface area contributed by atoms with Crippen molar-refractivity contribution in [3.63, 3.8) is 0 Å². The van der Waals surface area contributed by atoms with E-state index >= 15 is 0 Å². The first kappa shape index (κ1) is 11.5. The number of methoxy groups -OCH3 is 2. The van der Waals surface area contributed by atoms with E-state index in [-0.39, 0.29) is 0 Å². The Morgan fingerprint density at radius 2 is 1.80 bits per heavy atom. The summed E-state index contributed by atoms with van der Waals surface area (Å²) in [6.07, 6.45) is 0. The molecule has 4 nitrogen and oxygen atoms in total. The molecule has 0 aliphatic rings. The molecule has 0 bridgehead atoms. The van der Waals surface area contributed by atoms with Gasteiger partial charge in [0.15, 0.2) is 0 Å². The lowest BCUT2D eigenvalue weighted by atomic mass is 9.93. The molecule has 0 aliphatic carbocycles. The van der Waals surface area contributed by atoms with E-state index in [9.17, 15) is 4.79 Å². The summed E-state index contributed by atoms with van der Waals surface area (Å²) in [4.78, 5) is 11.4. The van der Waals surface area contributed by atoms with E-state index in [0.717, 1.165) is 5.75 Å². The quantitative estimate of drug-likeness (QED) is 0.755. The minimum absolute atomic E-state index is 0.465. The lowest BCUT2D eigenvalue weighted by molar-refractivity contribution is -0.146. The van der Waals surface area contributed by atoms with Crippen molar-refractivity contribution in [1.29, 1.82) is 0 Å². The van der Waals surface area contributed by atoms with Crippen molar-refractivity contribution in [2.24, 2.45) is 5.73 Å². The maximum absolute atomic E-state index is 11.4. The maximum atomic E-state index is 11.4. The van der Waals surface area contributed by atoms with E-state index in [0.29, 0.717) is 5.56 Å². The SMILES string of the molecule is COC(=O)[C@@](C)(N)c1ccc(OC)cc1. The van der Waals surface area contributed by atoms with E-state index in [1.165, 1.54) is 7.11 Å².